The fraction of sp³-hybridized carbons (Fsp3) is 0.650. The van der Waals surface area contributed by atoms with Crippen LogP contribution in [0.2, 0.25) is 0 Å². The number of ether oxygens (including phenoxy) is 2. The highest BCUT2D eigenvalue weighted by atomic mass is 16.6. The number of hydrogen-bond donors (Lipinski definition) is 2. The maximum atomic E-state index is 13.1. The van der Waals surface area contributed by atoms with Crippen LogP contribution in [-0.4, -0.2) is 56.2 Å². The van der Waals surface area contributed by atoms with Gasteiger partial charge in [0, 0.05) is 36.3 Å². The van der Waals surface area contributed by atoms with Crippen molar-refractivity contribution in [3.05, 3.63) is 18.2 Å². The van der Waals surface area contributed by atoms with Gasteiger partial charge in [-0.15, -0.1) is 0 Å². The lowest BCUT2D eigenvalue weighted by atomic mass is 9.79. The molecule has 1 unspecified atom stereocenters. The van der Waals surface area contributed by atoms with Crippen LogP contribution in [-0.2, 0) is 4.79 Å². The van der Waals surface area contributed by atoms with Crippen molar-refractivity contribution in [2.24, 2.45) is 5.41 Å². The van der Waals surface area contributed by atoms with Gasteiger partial charge >= 0.3 is 0 Å². The third kappa shape index (κ3) is 3.61. The van der Waals surface area contributed by atoms with E-state index in [1.165, 1.54) is 0 Å². The molecule has 1 aromatic carbocycles. The number of nitrogens with one attached hydrogen (secondary N) is 2. The van der Waals surface area contributed by atoms with Crippen LogP contribution in [0.5, 0.6) is 11.5 Å². The highest BCUT2D eigenvalue weighted by Crippen LogP contribution is 2.34. The second kappa shape index (κ2) is 7.35. The van der Waals surface area contributed by atoms with Gasteiger partial charge in [0.2, 0.25) is 5.91 Å². The van der Waals surface area contributed by atoms with E-state index >= 15 is 0 Å². The second-order valence-electron chi connectivity index (χ2n) is 7.90. The van der Waals surface area contributed by atoms with Crippen LogP contribution in [0.1, 0.15) is 32.6 Å². The highest BCUT2D eigenvalue weighted by Gasteiger charge is 2.39. The Morgan fingerprint density at radius 3 is 2.81 bits per heavy atom. The summed E-state index contributed by atoms with van der Waals surface area (Å²) >= 11 is 0. The van der Waals surface area contributed by atoms with Gasteiger partial charge in [0.25, 0.3) is 0 Å². The maximum absolute atomic E-state index is 13.1. The summed E-state index contributed by atoms with van der Waals surface area (Å²) in [7, 11) is 0. The molecular formula is C20H29N3O3. The van der Waals surface area contributed by atoms with Gasteiger partial charge in [0.1, 0.15) is 13.2 Å². The second-order valence-corrected chi connectivity index (χ2v) is 7.90. The lowest BCUT2D eigenvalue weighted by molar-refractivity contribution is -0.143. The predicted octanol–water partition coefficient (Wildman–Crippen LogP) is 2.25. The minimum absolute atomic E-state index is 0.204. The third-order valence-corrected chi connectivity index (χ3v) is 5.84. The van der Waals surface area contributed by atoms with Crippen molar-refractivity contribution in [3.8, 4) is 11.5 Å². The number of carbonyl (C=O) groups is 1. The van der Waals surface area contributed by atoms with Crippen molar-refractivity contribution < 1.29 is 14.3 Å². The maximum Gasteiger partial charge on any atom is 0.228 e. The quantitative estimate of drug-likeness (QED) is 0.867. The van der Waals surface area contributed by atoms with Crippen molar-refractivity contribution in [2.45, 2.75) is 38.6 Å². The molecule has 3 aliphatic rings. The molecule has 2 fully saturated rings. The van der Waals surface area contributed by atoms with Crippen molar-refractivity contribution in [3.63, 3.8) is 0 Å². The normalized spacial score (nSPS) is 24.8. The molecule has 2 saturated heterocycles. The van der Waals surface area contributed by atoms with E-state index in [2.05, 4.69) is 22.5 Å². The van der Waals surface area contributed by atoms with Gasteiger partial charge in [-0.2, -0.15) is 0 Å². The van der Waals surface area contributed by atoms with E-state index in [1.54, 1.807) is 0 Å². The molecule has 1 amide bonds. The summed E-state index contributed by atoms with van der Waals surface area (Å²) in [6.07, 6.45) is 3.99. The average Bonchev–Trinajstić information content (AvgIpc) is 2.68. The summed E-state index contributed by atoms with van der Waals surface area (Å²) < 4.78 is 11.3. The number of amides is 1. The molecule has 26 heavy (non-hydrogen) atoms. The number of rotatable bonds is 3. The number of nitrogens with zero attached hydrogens (tertiary/aromatic N) is 1. The molecule has 6 nitrogen and oxygen atoms in total. The van der Waals surface area contributed by atoms with Gasteiger partial charge in [-0.3, -0.25) is 4.79 Å². The number of likely N-dealkylation sites (tertiary alicyclic amines) is 1. The summed E-state index contributed by atoms with van der Waals surface area (Å²) in [6.45, 7) is 6.86. The Balaban J connectivity index is 1.40. The smallest absolute Gasteiger partial charge is 0.228 e. The molecule has 3 heterocycles. The largest absolute Gasteiger partial charge is 0.486 e. The molecule has 4 rings (SSSR count). The van der Waals surface area contributed by atoms with E-state index in [0.717, 1.165) is 69.0 Å². The first-order valence-electron chi connectivity index (χ1n) is 9.80. The first kappa shape index (κ1) is 17.5. The van der Waals surface area contributed by atoms with Crippen molar-refractivity contribution in [1.82, 2.24) is 10.2 Å². The Labute approximate surface area is 155 Å². The lowest BCUT2D eigenvalue weighted by Gasteiger charge is -2.41. The topological polar surface area (TPSA) is 62.8 Å². The predicted molar refractivity (Wildman–Crippen MR) is 101 cm³/mol. The summed E-state index contributed by atoms with van der Waals surface area (Å²) in [4.78, 5) is 15.2. The molecule has 0 aromatic heterocycles. The number of carbonyl (C=O) groups excluding carboxylic acids is 1. The Bertz CT molecular complexity index is 658. The SMILES string of the molecule is CC1(C(=O)N2CCCC(Nc3ccc4c(c3)OCCO4)C2)CCNCC1. The molecule has 0 radical (unpaired) electrons. The molecule has 3 aliphatic heterocycles. The van der Waals surface area contributed by atoms with Gasteiger partial charge < -0.3 is 25.0 Å². The number of fused-ring (bicyclic) bond motifs is 1. The Kier molecular flexibility index (Phi) is 4.94. The fourth-order valence-corrected chi connectivity index (χ4v) is 4.22. The molecule has 2 N–H and O–H groups in total. The van der Waals surface area contributed by atoms with Crippen LogP contribution in [0.15, 0.2) is 18.2 Å². The molecule has 6 heteroatoms. The van der Waals surface area contributed by atoms with E-state index in [9.17, 15) is 4.79 Å². The van der Waals surface area contributed by atoms with Crippen LogP contribution in [0.4, 0.5) is 5.69 Å². The summed E-state index contributed by atoms with van der Waals surface area (Å²) in [5.41, 5.74) is 0.825. The molecular weight excluding hydrogens is 330 g/mol. The number of anilines is 1. The van der Waals surface area contributed by atoms with Crippen LogP contribution in [0, 0.1) is 5.41 Å². The lowest BCUT2D eigenvalue weighted by Crippen LogP contribution is -2.52. The van der Waals surface area contributed by atoms with E-state index in [-0.39, 0.29) is 11.5 Å². The molecule has 1 atom stereocenters. The molecule has 0 aliphatic carbocycles. The Morgan fingerprint density at radius 1 is 1.23 bits per heavy atom. The van der Waals surface area contributed by atoms with Gasteiger partial charge in [-0.1, -0.05) is 6.92 Å². The highest BCUT2D eigenvalue weighted by molar-refractivity contribution is 5.82. The summed E-state index contributed by atoms with van der Waals surface area (Å²) in [5, 5.41) is 6.95. The van der Waals surface area contributed by atoms with Gasteiger partial charge in [0.15, 0.2) is 11.5 Å². The Hall–Kier alpha value is -1.95. The monoisotopic (exact) mass is 359 g/mol. The van der Waals surface area contributed by atoms with Gasteiger partial charge in [0.05, 0.1) is 0 Å². The molecule has 0 saturated carbocycles. The van der Waals surface area contributed by atoms with E-state index in [1.807, 2.05) is 18.2 Å². The minimum atomic E-state index is -0.204. The zero-order chi connectivity index (χ0) is 18.0. The van der Waals surface area contributed by atoms with Crippen LogP contribution in [0.3, 0.4) is 0 Å². The van der Waals surface area contributed by atoms with Crippen molar-refractivity contribution in [2.75, 3.05) is 44.7 Å². The van der Waals surface area contributed by atoms with Crippen LogP contribution >= 0.6 is 0 Å². The summed E-state index contributed by atoms with van der Waals surface area (Å²) in [5.74, 6) is 1.93. The van der Waals surface area contributed by atoms with E-state index in [0.29, 0.717) is 19.1 Å². The van der Waals surface area contributed by atoms with E-state index in [4.69, 9.17) is 9.47 Å². The van der Waals surface area contributed by atoms with Gasteiger partial charge in [-0.25, -0.2) is 0 Å². The number of benzene rings is 1. The van der Waals surface area contributed by atoms with Crippen molar-refractivity contribution in [1.29, 1.82) is 0 Å². The summed E-state index contributed by atoms with van der Waals surface area (Å²) in [6, 6.07) is 6.27. The molecule has 142 valence electrons. The standard InChI is InChI=1S/C20H29N3O3/c1-20(6-8-21-9-7-20)19(24)23-10-2-3-16(14-23)22-15-4-5-17-18(13-15)26-12-11-25-17/h4-5,13,16,21-22H,2-3,6-12,14H2,1H3. The number of piperidine rings is 2. The zero-order valence-corrected chi connectivity index (χ0v) is 15.6. The first-order valence-corrected chi connectivity index (χ1v) is 9.80. The van der Waals surface area contributed by atoms with Crippen molar-refractivity contribution >= 4 is 11.6 Å². The fourth-order valence-electron chi connectivity index (χ4n) is 4.22. The molecule has 0 bridgehead atoms. The Morgan fingerprint density at radius 2 is 2.00 bits per heavy atom. The zero-order valence-electron chi connectivity index (χ0n) is 15.6. The molecule has 0 spiro atoms. The first-order chi connectivity index (χ1) is 12.6. The number of hydrogen-bond acceptors (Lipinski definition) is 5. The van der Waals surface area contributed by atoms with Gasteiger partial charge in [-0.05, 0) is 50.9 Å². The third-order valence-electron chi connectivity index (χ3n) is 5.84. The molecule has 1 aromatic rings. The van der Waals surface area contributed by atoms with E-state index < -0.39 is 0 Å². The average molecular weight is 359 g/mol. The minimum Gasteiger partial charge on any atom is -0.486 e. The van der Waals surface area contributed by atoms with Crippen LogP contribution in [0.25, 0.3) is 0 Å². The van der Waals surface area contributed by atoms with Crippen LogP contribution < -0.4 is 20.1 Å².